The normalized spacial score (nSPS) is 15.1. The fourth-order valence-corrected chi connectivity index (χ4v) is 3.70. The molecule has 0 atom stereocenters. The predicted octanol–water partition coefficient (Wildman–Crippen LogP) is 2.86. The Labute approximate surface area is 126 Å². The fraction of sp³-hybridized carbons (Fsp3) is 0.692. The number of hydrogen-bond donors (Lipinski definition) is 1. The van der Waals surface area contributed by atoms with E-state index in [1.807, 2.05) is 26.8 Å². The lowest BCUT2D eigenvalue weighted by Crippen LogP contribution is -2.31. The van der Waals surface area contributed by atoms with Crippen LogP contribution in [0.4, 0.5) is 0 Å². The standard InChI is InChI=1S/C13H23N2O3PS/c1-5-8-9-12-14-11(4)10-13(15-12)18-19(20,16-6-2)17-7-3/h10H,5-9H2,1-4H3/p+1. The average Bonchev–Trinajstić information content (AvgIpc) is 2.36. The van der Waals surface area contributed by atoms with Gasteiger partial charge in [0.05, 0.1) is 25.7 Å². The maximum absolute atomic E-state index is 5.77. The van der Waals surface area contributed by atoms with E-state index in [9.17, 15) is 0 Å². The molecule has 20 heavy (non-hydrogen) atoms. The number of nitrogens with one attached hydrogen (secondary N) is 1. The summed E-state index contributed by atoms with van der Waals surface area (Å²) in [6.45, 7) is 6.02. The Morgan fingerprint density at radius 2 is 1.90 bits per heavy atom. The largest absolute Gasteiger partial charge is 0.388 e. The van der Waals surface area contributed by atoms with E-state index in [0.29, 0.717) is 19.1 Å². The van der Waals surface area contributed by atoms with E-state index in [0.717, 1.165) is 30.8 Å². The topological polar surface area (TPSA) is 53.8 Å². The van der Waals surface area contributed by atoms with Gasteiger partial charge in [0.2, 0.25) is 5.71 Å². The highest BCUT2D eigenvalue weighted by Crippen LogP contribution is 2.51. The van der Waals surface area contributed by atoms with Crippen LogP contribution in [0.2, 0.25) is 0 Å². The first-order valence-electron chi connectivity index (χ1n) is 7.01. The summed E-state index contributed by atoms with van der Waals surface area (Å²) in [6.07, 6.45) is 4.90. The van der Waals surface area contributed by atoms with E-state index in [2.05, 4.69) is 16.9 Å². The van der Waals surface area contributed by atoms with Crippen LogP contribution in [0.3, 0.4) is 0 Å². The van der Waals surface area contributed by atoms with Gasteiger partial charge in [0.25, 0.3) is 5.88 Å². The molecule has 1 heterocycles. The molecule has 114 valence electrons. The van der Waals surface area contributed by atoms with Crippen LogP contribution in [-0.2, 0) is 25.4 Å². The summed E-state index contributed by atoms with van der Waals surface area (Å²) in [5, 5.41) is 3.16. The molecule has 0 aromatic carbocycles. The maximum atomic E-state index is 5.77. The Balaban J connectivity index is 2.74. The SMILES string of the molecule is CCCCC1=[N+]=C(C)C=C(OP(=S)(OCC)OCC)N1. The van der Waals surface area contributed by atoms with Crippen molar-refractivity contribution >= 4 is 30.1 Å². The Kier molecular flexibility index (Phi) is 7.49. The molecule has 0 aromatic heterocycles. The molecule has 1 rings (SSSR count). The highest BCUT2D eigenvalue weighted by atomic mass is 32.5. The average molecular weight is 319 g/mol. The first-order chi connectivity index (χ1) is 9.53. The lowest BCUT2D eigenvalue weighted by molar-refractivity contribution is 0.191. The van der Waals surface area contributed by atoms with Gasteiger partial charge in [0.15, 0.2) is 0 Å². The summed E-state index contributed by atoms with van der Waals surface area (Å²) >= 11 is 5.36. The molecule has 0 saturated heterocycles. The first kappa shape index (κ1) is 17.4. The van der Waals surface area contributed by atoms with Crippen molar-refractivity contribution < 1.29 is 13.6 Å². The number of unbranched alkanes of at least 4 members (excludes halogenated alkanes) is 1. The van der Waals surface area contributed by atoms with Gasteiger partial charge in [-0.05, 0) is 20.3 Å². The molecule has 0 aromatic rings. The lowest BCUT2D eigenvalue weighted by atomic mass is 10.2. The van der Waals surface area contributed by atoms with Gasteiger partial charge in [-0.15, -0.1) is 0 Å². The van der Waals surface area contributed by atoms with Gasteiger partial charge in [-0.25, -0.2) is 4.67 Å². The predicted molar refractivity (Wildman–Crippen MR) is 87.2 cm³/mol. The van der Waals surface area contributed by atoms with Crippen LogP contribution in [0.5, 0.6) is 0 Å². The van der Waals surface area contributed by atoms with Crippen molar-refractivity contribution in [3.63, 3.8) is 0 Å². The summed E-state index contributed by atoms with van der Waals surface area (Å²) in [5.41, 5.74) is 0.888. The van der Waals surface area contributed by atoms with E-state index in [4.69, 9.17) is 25.4 Å². The number of rotatable bonds is 9. The van der Waals surface area contributed by atoms with E-state index in [1.54, 1.807) is 0 Å². The van der Waals surface area contributed by atoms with Crippen LogP contribution in [0, 0.1) is 0 Å². The molecule has 0 fully saturated rings. The fourth-order valence-electron chi connectivity index (χ4n) is 1.68. The van der Waals surface area contributed by atoms with Gasteiger partial charge < -0.3 is 4.52 Å². The maximum Gasteiger partial charge on any atom is 0.383 e. The van der Waals surface area contributed by atoms with E-state index in [-0.39, 0.29) is 0 Å². The molecule has 5 nitrogen and oxygen atoms in total. The van der Waals surface area contributed by atoms with Crippen LogP contribution >= 0.6 is 6.72 Å². The van der Waals surface area contributed by atoms with Crippen LogP contribution in [-0.4, -0.2) is 24.8 Å². The monoisotopic (exact) mass is 319 g/mol. The lowest BCUT2D eigenvalue weighted by Gasteiger charge is -2.21. The van der Waals surface area contributed by atoms with Crippen molar-refractivity contribution in [2.75, 3.05) is 13.2 Å². The van der Waals surface area contributed by atoms with E-state index < -0.39 is 6.72 Å². The van der Waals surface area contributed by atoms with Gasteiger partial charge in [0, 0.05) is 18.7 Å². The zero-order valence-corrected chi connectivity index (χ0v) is 14.4. The molecule has 0 amide bonds. The molecule has 1 aliphatic heterocycles. The molecule has 7 heteroatoms. The minimum absolute atomic E-state index is 0.462. The number of hydrogen-bond acceptors (Lipinski definition) is 5. The summed E-state index contributed by atoms with van der Waals surface area (Å²) in [4.78, 5) is 0. The smallest absolute Gasteiger partial charge is 0.383 e. The second-order valence-electron chi connectivity index (χ2n) is 4.31. The Bertz CT molecular complexity index is 460. The van der Waals surface area contributed by atoms with Crippen molar-refractivity contribution in [1.29, 1.82) is 0 Å². The van der Waals surface area contributed by atoms with Crippen LogP contribution in [0.1, 0.15) is 47.0 Å². The summed E-state index contributed by atoms with van der Waals surface area (Å²) in [6, 6.07) is 0. The second kappa shape index (κ2) is 8.60. The van der Waals surface area contributed by atoms with Crippen molar-refractivity contribution in [3.05, 3.63) is 12.0 Å². The van der Waals surface area contributed by atoms with Gasteiger partial charge >= 0.3 is 12.6 Å². The third kappa shape index (κ3) is 5.78. The molecule has 0 aliphatic carbocycles. The Morgan fingerprint density at radius 3 is 2.45 bits per heavy atom. The number of allylic oxidation sites excluding steroid dienone is 1. The van der Waals surface area contributed by atoms with Gasteiger partial charge in [-0.2, -0.15) is 5.32 Å². The van der Waals surface area contributed by atoms with Crippen LogP contribution < -0.4 is 9.98 Å². The minimum atomic E-state index is -2.73. The molecule has 0 unspecified atom stereocenters. The molecular weight excluding hydrogens is 295 g/mol. The molecule has 0 radical (unpaired) electrons. The summed E-state index contributed by atoms with van der Waals surface area (Å²) in [5.74, 6) is 1.46. The molecular formula is C13H24N2O3PS+. The molecule has 0 bridgehead atoms. The zero-order chi connectivity index (χ0) is 15.0. The van der Waals surface area contributed by atoms with Gasteiger partial charge in [-0.3, -0.25) is 9.05 Å². The number of amidine groups is 1. The highest BCUT2D eigenvalue weighted by molar-refractivity contribution is 8.07. The van der Waals surface area contributed by atoms with Gasteiger partial charge in [-0.1, -0.05) is 13.3 Å². The summed E-state index contributed by atoms with van der Waals surface area (Å²) in [7, 11) is 0. The third-order valence-electron chi connectivity index (χ3n) is 2.47. The van der Waals surface area contributed by atoms with E-state index in [1.165, 1.54) is 0 Å². The molecule has 0 spiro atoms. The van der Waals surface area contributed by atoms with Gasteiger partial charge in [0.1, 0.15) is 0 Å². The Hall–Kier alpha value is -0.640. The summed E-state index contributed by atoms with van der Waals surface area (Å²) < 4.78 is 21.2. The van der Waals surface area contributed by atoms with Crippen molar-refractivity contribution in [3.8, 4) is 0 Å². The third-order valence-corrected chi connectivity index (χ3v) is 4.90. The van der Waals surface area contributed by atoms with Crippen LogP contribution in [0.25, 0.3) is 0 Å². The molecule has 0 saturated carbocycles. The second-order valence-corrected chi connectivity index (χ2v) is 7.25. The quantitative estimate of drug-likeness (QED) is 0.523. The first-order valence-corrected chi connectivity index (χ1v) is 9.57. The van der Waals surface area contributed by atoms with Crippen molar-refractivity contribution in [2.24, 2.45) is 0 Å². The van der Waals surface area contributed by atoms with Crippen LogP contribution in [0.15, 0.2) is 12.0 Å². The van der Waals surface area contributed by atoms with E-state index >= 15 is 0 Å². The molecule has 1 N–H and O–H groups in total. The van der Waals surface area contributed by atoms with Crippen molar-refractivity contribution in [2.45, 2.75) is 47.0 Å². The number of nitrogens with zero attached hydrogens (tertiary/aromatic N) is 1. The molecule has 1 aliphatic rings. The minimum Gasteiger partial charge on any atom is -0.388 e. The highest BCUT2D eigenvalue weighted by Gasteiger charge is 2.28. The van der Waals surface area contributed by atoms with Crippen molar-refractivity contribution in [1.82, 2.24) is 9.98 Å². The zero-order valence-electron chi connectivity index (χ0n) is 12.6. The Morgan fingerprint density at radius 1 is 1.25 bits per heavy atom.